The van der Waals surface area contributed by atoms with E-state index in [1.807, 2.05) is 13.8 Å². The van der Waals surface area contributed by atoms with Gasteiger partial charge >= 0.3 is 0 Å². The van der Waals surface area contributed by atoms with Crippen molar-refractivity contribution >= 4 is 0 Å². The highest BCUT2D eigenvalue weighted by Crippen LogP contribution is 2.34. The fraction of sp³-hybridized carbons (Fsp3) is 0.833. The van der Waals surface area contributed by atoms with E-state index in [1.165, 1.54) is 0 Å². The Bertz CT molecular complexity index is 381. The van der Waals surface area contributed by atoms with Crippen LogP contribution < -0.4 is 5.32 Å². The van der Waals surface area contributed by atoms with Gasteiger partial charge in [0.05, 0.1) is 5.54 Å². The summed E-state index contributed by atoms with van der Waals surface area (Å²) in [5.74, 6) is 1.30. The van der Waals surface area contributed by atoms with Gasteiger partial charge in [-0.2, -0.15) is 4.98 Å². The SMILES string of the molecule is CCC1(c2nc(C(C)(C)OC)no2)CCCN1. The second kappa shape index (κ2) is 4.38. The summed E-state index contributed by atoms with van der Waals surface area (Å²) in [5, 5.41) is 7.53. The van der Waals surface area contributed by atoms with Gasteiger partial charge in [-0.3, -0.25) is 0 Å². The predicted molar refractivity (Wildman–Crippen MR) is 63.5 cm³/mol. The number of ether oxygens (including phenoxy) is 1. The zero-order chi connectivity index (χ0) is 12.5. The number of aromatic nitrogens is 2. The van der Waals surface area contributed by atoms with E-state index >= 15 is 0 Å². The first kappa shape index (κ1) is 12.5. The van der Waals surface area contributed by atoms with E-state index in [4.69, 9.17) is 9.26 Å². The van der Waals surface area contributed by atoms with Crippen LogP contribution in [0.3, 0.4) is 0 Å². The molecule has 96 valence electrons. The second-order valence-corrected chi connectivity index (χ2v) is 5.10. The molecule has 0 aromatic carbocycles. The quantitative estimate of drug-likeness (QED) is 0.870. The van der Waals surface area contributed by atoms with Crippen molar-refractivity contribution in [1.29, 1.82) is 0 Å². The molecular formula is C12H21N3O2. The standard InChI is InChI=1S/C12H21N3O2/c1-5-12(7-6-8-13-12)10-14-9(15-17-10)11(2,3)16-4/h13H,5-8H2,1-4H3. The van der Waals surface area contributed by atoms with Gasteiger partial charge < -0.3 is 14.6 Å². The predicted octanol–water partition coefficient (Wildman–Crippen LogP) is 1.94. The average molecular weight is 239 g/mol. The molecule has 2 heterocycles. The van der Waals surface area contributed by atoms with E-state index < -0.39 is 5.60 Å². The minimum absolute atomic E-state index is 0.130. The van der Waals surface area contributed by atoms with Gasteiger partial charge in [-0.1, -0.05) is 12.1 Å². The van der Waals surface area contributed by atoms with Gasteiger partial charge in [-0.05, 0) is 39.7 Å². The molecule has 1 aliphatic rings. The zero-order valence-electron chi connectivity index (χ0n) is 11.0. The molecule has 1 saturated heterocycles. The summed E-state index contributed by atoms with van der Waals surface area (Å²) in [6.45, 7) is 7.02. The van der Waals surface area contributed by atoms with Gasteiger partial charge in [0.25, 0.3) is 0 Å². The van der Waals surface area contributed by atoms with Crippen LogP contribution in [0.5, 0.6) is 0 Å². The minimum atomic E-state index is -0.505. The van der Waals surface area contributed by atoms with Gasteiger partial charge in [-0.25, -0.2) is 0 Å². The van der Waals surface area contributed by atoms with Crippen LogP contribution in [0.15, 0.2) is 4.52 Å². The number of nitrogens with one attached hydrogen (secondary N) is 1. The first-order valence-electron chi connectivity index (χ1n) is 6.19. The molecule has 0 spiro atoms. The highest BCUT2D eigenvalue weighted by Gasteiger charge is 2.40. The van der Waals surface area contributed by atoms with Gasteiger partial charge in [0, 0.05) is 7.11 Å². The molecule has 5 heteroatoms. The van der Waals surface area contributed by atoms with Crippen LogP contribution in [0.25, 0.3) is 0 Å². The molecule has 17 heavy (non-hydrogen) atoms. The molecule has 1 aliphatic heterocycles. The lowest BCUT2D eigenvalue weighted by molar-refractivity contribution is 0.00973. The lowest BCUT2D eigenvalue weighted by Crippen LogP contribution is -2.36. The molecule has 1 aromatic rings. The van der Waals surface area contributed by atoms with Gasteiger partial charge in [0.15, 0.2) is 0 Å². The van der Waals surface area contributed by atoms with Gasteiger partial charge in [0.2, 0.25) is 11.7 Å². The van der Waals surface area contributed by atoms with Crippen molar-refractivity contribution in [1.82, 2.24) is 15.5 Å². The Morgan fingerprint density at radius 2 is 2.29 bits per heavy atom. The molecule has 0 aliphatic carbocycles. The van der Waals surface area contributed by atoms with Crippen molar-refractivity contribution in [3.63, 3.8) is 0 Å². The van der Waals surface area contributed by atoms with Crippen molar-refractivity contribution in [2.45, 2.75) is 51.2 Å². The third kappa shape index (κ3) is 2.09. The Kier molecular flexibility index (Phi) is 3.23. The van der Waals surface area contributed by atoms with E-state index in [0.29, 0.717) is 11.7 Å². The maximum atomic E-state index is 5.43. The largest absolute Gasteiger partial charge is 0.371 e. The molecule has 1 fully saturated rings. The average Bonchev–Trinajstić information content (AvgIpc) is 2.98. The maximum Gasteiger partial charge on any atom is 0.247 e. The minimum Gasteiger partial charge on any atom is -0.371 e. The monoisotopic (exact) mass is 239 g/mol. The smallest absolute Gasteiger partial charge is 0.247 e. The van der Waals surface area contributed by atoms with Gasteiger partial charge in [-0.15, -0.1) is 0 Å². The van der Waals surface area contributed by atoms with Crippen molar-refractivity contribution < 1.29 is 9.26 Å². The molecular weight excluding hydrogens is 218 g/mol. The normalized spacial score (nSPS) is 25.4. The zero-order valence-corrected chi connectivity index (χ0v) is 11.0. The highest BCUT2D eigenvalue weighted by molar-refractivity contribution is 5.08. The molecule has 0 radical (unpaired) electrons. The lowest BCUT2D eigenvalue weighted by atomic mass is 9.94. The Balaban J connectivity index is 2.29. The molecule has 0 bridgehead atoms. The van der Waals surface area contributed by atoms with E-state index in [9.17, 15) is 0 Å². The van der Waals surface area contributed by atoms with Crippen LogP contribution in [0.4, 0.5) is 0 Å². The summed E-state index contributed by atoms with van der Waals surface area (Å²) in [5.41, 5.74) is -0.635. The van der Waals surface area contributed by atoms with Gasteiger partial charge in [0.1, 0.15) is 5.60 Å². The fourth-order valence-electron chi connectivity index (χ4n) is 2.20. The van der Waals surface area contributed by atoms with Crippen molar-refractivity contribution in [2.24, 2.45) is 0 Å². The Morgan fingerprint density at radius 1 is 1.53 bits per heavy atom. The summed E-state index contributed by atoms with van der Waals surface area (Å²) in [7, 11) is 1.65. The van der Waals surface area contributed by atoms with Crippen LogP contribution in [0.1, 0.15) is 51.7 Å². The van der Waals surface area contributed by atoms with Crippen molar-refractivity contribution in [3.05, 3.63) is 11.7 Å². The molecule has 1 aromatic heterocycles. The lowest BCUT2D eigenvalue weighted by Gasteiger charge is -2.23. The third-order valence-corrected chi connectivity index (χ3v) is 3.73. The van der Waals surface area contributed by atoms with Crippen molar-refractivity contribution in [2.75, 3.05) is 13.7 Å². The van der Waals surface area contributed by atoms with Crippen LogP contribution >= 0.6 is 0 Å². The Labute approximate surface area is 102 Å². The van der Waals surface area contributed by atoms with E-state index in [0.717, 1.165) is 25.8 Å². The number of hydrogen-bond donors (Lipinski definition) is 1. The summed E-state index contributed by atoms with van der Waals surface area (Å²) >= 11 is 0. The number of methoxy groups -OCH3 is 1. The molecule has 1 atom stereocenters. The topological polar surface area (TPSA) is 60.2 Å². The number of hydrogen-bond acceptors (Lipinski definition) is 5. The summed E-state index contributed by atoms with van der Waals surface area (Å²) in [6, 6.07) is 0. The fourth-order valence-corrected chi connectivity index (χ4v) is 2.20. The molecule has 5 nitrogen and oxygen atoms in total. The Hall–Kier alpha value is -0.940. The maximum absolute atomic E-state index is 5.43. The summed E-state index contributed by atoms with van der Waals surface area (Å²) in [6.07, 6.45) is 3.17. The van der Waals surface area contributed by atoms with Crippen molar-refractivity contribution in [3.8, 4) is 0 Å². The van der Waals surface area contributed by atoms with E-state index in [2.05, 4.69) is 22.4 Å². The van der Waals surface area contributed by atoms with Crippen LogP contribution in [-0.2, 0) is 15.9 Å². The number of nitrogens with zero attached hydrogens (tertiary/aromatic N) is 2. The molecule has 0 amide bonds. The van der Waals surface area contributed by atoms with E-state index in [-0.39, 0.29) is 5.54 Å². The molecule has 2 rings (SSSR count). The molecule has 0 saturated carbocycles. The second-order valence-electron chi connectivity index (χ2n) is 5.10. The van der Waals surface area contributed by atoms with Crippen LogP contribution in [-0.4, -0.2) is 23.8 Å². The van der Waals surface area contributed by atoms with Crippen LogP contribution in [0, 0.1) is 0 Å². The first-order chi connectivity index (χ1) is 8.04. The summed E-state index contributed by atoms with van der Waals surface area (Å²) in [4.78, 5) is 4.51. The Morgan fingerprint density at radius 3 is 2.82 bits per heavy atom. The van der Waals surface area contributed by atoms with Crippen LogP contribution in [0.2, 0.25) is 0 Å². The summed E-state index contributed by atoms with van der Waals surface area (Å²) < 4.78 is 10.8. The molecule has 1 unspecified atom stereocenters. The number of rotatable bonds is 4. The third-order valence-electron chi connectivity index (χ3n) is 3.73. The first-order valence-corrected chi connectivity index (χ1v) is 6.19. The highest BCUT2D eigenvalue weighted by atomic mass is 16.5. The van der Waals surface area contributed by atoms with E-state index in [1.54, 1.807) is 7.11 Å². The molecule has 1 N–H and O–H groups in total.